The second-order valence-electron chi connectivity index (χ2n) is 6.19. The molecule has 2 fully saturated rings. The van der Waals surface area contributed by atoms with Gasteiger partial charge in [-0.25, -0.2) is 0 Å². The lowest BCUT2D eigenvalue weighted by atomic mass is 10.0. The molecule has 1 aliphatic heterocycles. The highest BCUT2D eigenvalue weighted by Crippen LogP contribution is 2.20. The number of rotatable bonds is 3. The average Bonchev–Trinajstić information content (AvgIpc) is 2.75. The number of nitrogens with one attached hydrogen (secondary N) is 1. The Morgan fingerprint density at radius 3 is 2.33 bits per heavy atom. The SMILES string of the molecule is CC(C)C(=O)N1CCC(NC2CCC(N)C2)CC1. The van der Waals surface area contributed by atoms with E-state index in [-0.39, 0.29) is 5.92 Å². The van der Waals surface area contributed by atoms with Crippen LogP contribution in [-0.4, -0.2) is 42.0 Å². The van der Waals surface area contributed by atoms with Crippen molar-refractivity contribution in [3.63, 3.8) is 0 Å². The van der Waals surface area contributed by atoms with Crippen LogP contribution in [0, 0.1) is 5.92 Å². The number of nitrogens with zero attached hydrogens (tertiary/aromatic N) is 1. The van der Waals surface area contributed by atoms with Crippen molar-refractivity contribution < 1.29 is 4.79 Å². The summed E-state index contributed by atoms with van der Waals surface area (Å²) in [6.07, 6.45) is 5.66. The molecule has 2 aliphatic rings. The zero-order valence-electron chi connectivity index (χ0n) is 11.7. The molecule has 18 heavy (non-hydrogen) atoms. The van der Waals surface area contributed by atoms with Crippen molar-refractivity contribution in [2.75, 3.05) is 13.1 Å². The van der Waals surface area contributed by atoms with Crippen molar-refractivity contribution in [2.24, 2.45) is 11.7 Å². The number of likely N-dealkylation sites (tertiary alicyclic amines) is 1. The summed E-state index contributed by atoms with van der Waals surface area (Å²) < 4.78 is 0. The molecule has 2 rings (SSSR count). The standard InChI is InChI=1S/C14H27N3O/c1-10(2)14(18)17-7-5-12(6-8-17)16-13-4-3-11(15)9-13/h10-13,16H,3-9,15H2,1-2H3. The van der Waals surface area contributed by atoms with Crippen molar-refractivity contribution in [1.29, 1.82) is 0 Å². The molecule has 4 nitrogen and oxygen atoms in total. The predicted octanol–water partition coefficient (Wildman–Crippen LogP) is 1.10. The van der Waals surface area contributed by atoms with Crippen LogP contribution in [0.4, 0.5) is 0 Å². The maximum absolute atomic E-state index is 11.9. The van der Waals surface area contributed by atoms with Crippen molar-refractivity contribution >= 4 is 5.91 Å². The summed E-state index contributed by atoms with van der Waals surface area (Å²) >= 11 is 0. The molecule has 0 aromatic heterocycles. The molecule has 4 heteroatoms. The van der Waals surface area contributed by atoms with Crippen LogP contribution in [0.1, 0.15) is 46.0 Å². The van der Waals surface area contributed by atoms with Gasteiger partial charge in [0.15, 0.2) is 0 Å². The third kappa shape index (κ3) is 3.45. The lowest BCUT2D eigenvalue weighted by Gasteiger charge is -2.34. The number of carbonyl (C=O) groups is 1. The first kappa shape index (κ1) is 13.8. The molecule has 0 aromatic carbocycles. The third-order valence-electron chi connectivity index (χ3n) is 4.25. The van der Waals surface area contributed by atoms with Crippen molar-refractivity contribution in [3.8, 4) is 0 Å². The molecule has 104 valence electrons. The van der Waals surface area contributed by atoms with Gasteiger partial charge in [-0.05, 0) is 32.1 Å². The normalized spacial score (nSPS) is 30.1. The Bertz CT molecular complexity index is 285. The van der Waals surface area contributed by atoms with E-state index in [1.54, 1.807) is 0 Å². The zero-order valence-corrected chi connectivity index (χ0v) is 11.7. The lowest BCUT2D eigenvalue weighted by molar-refractivity contribution is -0.135. The van der Waals surface area contributed by atoms with Gasteiger partial charge in [-0.3, -0.25) is 4.79 Å². The second kappa shape index (κ2) is 6.02. The number of amides is 1. The van der Waals surface area contributed by atoms with Crippen LogP contribution >= 0.6 is 0 Å². The van der Waals surface area contributed by atoms with Gasteiger partial charge in [-0.15, -0.1) is 0 Å². The first-order valence-electron chi connectivity index (χ1n) is 7.36. The fourth-order valence-electron chi connectivity index (χ4n) is 3.13. The fraction of sp³-hybridized carbons (Fsp3) is 0.929. The van der Waals surface area contributed by atoms with Crippen LogP contribution < -0.4 is 11.1 Å². The maximum atomic E-state index is 11.9. The van der Waals surface area contributed by atoms with Crippen molar-refractivity contribution in [3.05, 3.63) is 0 Å². The molecule has 0 radical (unpaired) electrons. The van der Waals surface area contributed by atoms with E-state index >= 15 is 0 Å². The molecular weight excluding hydrogens is 226 g/mol. The monoisotopic (exact) mass is 253 g/mol. The van der Waals surface area contributed by atoms with E-state index in [1.165, 1.54) is 6.42 Å². The van der Waals surface area contributed by atoms with E-state index < -0.39 is 0 Å². The molecule has 0 bridgehead atoms. The topological polar surface area (TPSA) is 58.4 Å². The Hall–Kier alpha value is -0.610. The van der Waals surface area contributed by atoms with E-state index in [9.17, 15) is 4.79 Å². The maximum Gasteiger partial charge on any atom is 0.225 e. The van der Waals surface area contributed by atoms with E-state index in [0.29, 0.717) is 24.0 Å². The molecule has 1 saturated heterocycles. The summed E-state index contributed by atoms with van der Waals surface area (Å²) in [5.74, 6) is 0.429. The summed E-state index contributed by atoms with van der Waals surface area (Å²) in [7, 11) is 0. The third-order valence-corrected chi connectivity index (χ3v) is 4.25. The quantitative estimate of drug-likeness (QED) is 0.792. The van der Waals surface area contributed by atoms with E-state index in [4.69, 9.17) is 5.73 Å². The van der Waals surface area contributed by atoms with Crippen LogP contribution in [0.2, 0.25) is 0 Å². The number of nitrogens with two attached hydrogens (primary N) is 1. The molecule has 0 spiro atoms. The van der Waals surface area contributed by atoms with Crippen LogP contribution in [0.5, 0.6) is 0 Å². The number of hydrogen-bond donors (Lipinski definition) is 2. The summed E-state index contributed by atoms with van der Waals surface area (Å²) in [5.41, 5.74) is 5.93. The van der Waals surface area contributed by atoms with Gasteiger partial charge in [-0.1, -0.05) is 13.8 Å². The minimum Gasteiger partial charge on any atom is -0.342 e. The van der Waals surface area contributed by atoms with E-state index in [1.807, 2.05) is 18.7 Å². The Balaban J connectivity index is 1.72. The predicted molar refractivity (Wildman–Crippen MR) is 73.2 cm³/mol. The molecule has 1 heterocycles. The summed E-state index contributed by atoms with van der Waals surface area (Å²) in [6.45, 7) is 5.78. The van der Waals surface area contributed by atoms with E-state index in [2.05, 4.69) is 5.32 Å². The van der Waals surface area contributed by atoms with E-state index in [0.717, 1.165) is 38.8 Å². The molecule has 1 aliphatic carbocycles. The first-order chi connectivity index (χ1) is 8.56. The van der Waals surface area contributed by atoms with Crippen LogP contribution in [-0.2, 0) is 4.79 Å². The first-order valence-corrected chi connectivity index (χ1v) is 7.36. The van der Waals surface area contributed by atoms with Crippen molar-refractivity contribution in [1.82, 2.24) is 10.2 Å². The molecular formula is C14H27N3O. The smallest absolute Gasteiger partial charge is 0.225 e. The molecule has 0 aromatic rings. The summed E-state index contributed by atoms with van der Waals surface area (Å²) in [4.78, 5) is 13.9. The highest BCUT2D eigenvalue weighted by molar-refractivity contribution is 5.78. The van der Waals surface area contributed by atoms with Crippen molar-refractivity contribution in [2.45, 2.75) is 64.1 Å². The van der Waals surface area contributed by atoms with Gasteiger partial charge in [0.1, 0.15) is 0 Å². The Labute approximate surface area is 110 Å². The largest absolute Gasteiger partial charge is 0.342 e. The number of carbonyl (C=O) groups excluding carboxylic acids is 1. The van der Waals surface area contributed by atoms with Gasteiger partial charge < -0.3 is 16.0 Å². The summed E-state index contributed by atoms with van der Waals surface area (Å²) in [5, 5.41) is 3.72. The average molecular weight is 253 g/mol. The van der Waals surface area contributed by atoms with Crippen LogP contribution in [0.3, 0.4) is 0 Å². The molecule has 3 N–H and O–H groups in total. The highest BCUT2D eigenvalue weighted by atomic mass is 16.2. The summed E-state index contributed by atoms with van der Waals surface area (Å²) in [6, 6.07) is 1.58. The molecule has 2 atom stereocenters. The minimum absolute atomic E-state index is 0.127. The van der Waals surface area contributed by atoms with Gasteiger partial charge in [0.2, 0.25) is 5.91 Å². The Morgan fingerprint density at radius 1 is 1.17 bits per heavy atom. The molecule has 1 amide bonds. The van der Waals surface area contributed by atoms with Gasteiger partial charge in [0.25, 0.3) is 0 Å². The lowest BCUT2D eigenvalue weighted by Crippen LogP contribution is -2.48. The Morgan fingerprint density at radius 2 is 1.83 bits per heavy atom. The zero-order chi connectivity index (χ0) is 13.1. The molecule has 1 saturated carbocycles. The van der Waals surface area contributed by atoms with Gasteiger partial charge in [0, 0.05) is 37.1 Å². The molecule has 2 unspecified atom stereocenters. The fourth-order valence-corrected chi connectivity index (χ4v) is 3.13. The van der Waals surface area contributed by atoms with Gasteiger partial charge in [-0.2, -0.15) is 0 Å². The minimum atomic E-state index is 0.127. The number of hydrogen-bond acceptors (Lipinski definition) is 3. The van der Waals surface area contributed by atoms with Gasteiger partial charge in [0.05, 0.1) is 0 Å². The number of piperidine rings is 1. The van der Waals surface area contributed by atoms with Gasteiger partial charge >= 0.3 is 0 Å². The highest BCUT2D eigenvalue weighted by Gasteiger charge is 2.28. The Kier molecular flexibility index (Phi) is 4.62. The van der Waals surface area contributed by atoms with Crippen LogP contribution in [0.25, 0.3) is 0 Å². The van der Waals surface area contributed by atoms with Crippen LogP contribution in [0.15, 0.2) is 0 Å². The second-order valence-corrected chi connectivity index (χ2v) is 6.19.